The number of piperidine rings is 1. The van der Waals surface area contributed by atoms with E-state index >= 15 is 0 Å². The number of benzene rings is 1. The number of hydrogen-bond acceptors (Lipinski definition) is 4. The minimum absolute atomic E-state index is 0.115. The second-order valence-electron chi connectivity index (χ2n) is 5.39. The Hall–Kier alpha value is -2.04. The number of carbonyl (C=O) groups is 2. The van der Waals surface area contributed by atoms with Crippen LogP contribution in [0.5, 0.6) is 0 Å². The van der Waals surface area contributed by atoms with Crippen LogP contribution in [0.25, 0.3) is 0 Å². The van der Waals surface area contributed by atoms with Crippen molar-refractivity contribution >= 4 is 12.1 Å². The molecule has 0 unspecified atom stereocenters. The molecule has 5 heteroatoms. The second kappa shape index (κ2) is 8.41. The van der Waals surface area contributed by atoms with Crippen LogP contribution in [0.4, 0.5) is 4.79 Å². The van der Waals surface area contributed by atoms with Crippen LogP contribution in [0.2, 0.25) is 0 Å². The molecule has 1 atom stereocenters. The maximum atomic E-state index is 12.3. The van der Waals surface area contributed by atoms with Gasteiger partial charge in [0.2, 0.25) is 0 Å². The van der Waals surface area contributed by atoms with Gasteiger partial charge in [-0.25, -0.2) is 4.79 Å². The Labute approximate surface area is 131 Å². The number of ether oxygens (including phenoxy) is 2. The van der Waals surface area contributed by atoms with Gasteiger partial charge in [0.25, 0.3) is 0 Å². The fourth-order valence-corrected chi connectivity index (χ4v) is 2.67. The fraction of sp³-hybridized carbons (Fsp3) is 0.529. The molecule has 22 heavy (non-hydrogen) atoms. The lowest BCUT2D eigenvalue weighted by atomic mass is 10.00. The zero-order chi connectivity index (χ0) is 15.8. The van der Waals surface area contributed by atoms with Gasteiger partial charge in [0, 0.05) is 12.6 Å². The van der Waals surface area contributed by atoms with Crippen molar-refractivity contribution in [3.8, 4) is 0 Å². The first-order chi connectivity index (χ1) is 10.7. The molecule has 120 valence electrons. The van der Waals surface area contributed by atoms with Crippen LogP contribution >= 0.6 is 0 Å². The van der Waals surface area contributed by atoms with Crippen molar-refractivity contribution in [2.75, 3.05) is 13.2 Å². The van der Waals surface area contributed by atoms with Gasteiger partial charge in [0.1, 0.15) is 6.61 Å². The van der Waals surface area contributed by atoms with Gasteiger partial charge in [-0.2, -0.15) is 0 Å². The molecule has 1 heterocycles. The third kappa shape index (κ3) is 4.76. The first-order valence-corrected chi connectivity index (χ1v) is 7.83. The Morgan fingerprint density at radius 3 is 2.68 bits per heavy atom. The maximum Gasteiger partial charge on any atom is 0.410 e. The van der Waals surface area contributed by atoms with Crippen LogP contribution < -0.4 is 0 Å². The molecule has 0 radical (unpaired) electrons. The fourth-order valence-electron chi connectivity index (χ4n) is 2.67. The van der Waals surface area contributed by atoms with Crippen molar-refractivity contribution < 1.29 is 19.1 Å². The normalized spacial score (nSPS) is 17.9. The highest BCUT2D eigenvalue weighted by Crippen LogP contribution is 2.21. The molecule has 0 aliphatic carbocycles. The van der Waals surface area contributed by atoms with Crippen LogP contribution in [-0.4, -0.2) is 36.2 Å². The summed E-state index contributed by atoms with van der Waals surface area (Å²) in [5.74, 6) is -0.254. The first-order valence-electron chi connectivity index (χ1n) is 7.83. The minimum atomic E-state index is -0.349. The highest BCUT2D eigenvalue weighted by atomic mass is 16.6. The largest absolute Gasteiger partial charge is 0.466 e. The number of amides is 1. The lowest BCUT2D eigenvalue weighted by molar-refractivity contribution is -0.144. The maximum absolute atomic E-state index is 12.3. The van der Waals surface area contributed by atoms with Crippen LogP contribution in [-0.2, 0) is 20.9 Å². The van der Waals surface area contributed by atoms with E-state index in [1.807, 2.05) is 30.3 Å². The highest BCUT2D eigenvalue weighted by Gasteiger charge is 2.29. The molecule has 0 aromatic heterocycles. The molecular formula is C17H23NO4. The quantitative estimate of drug-likeness (QED) is 0.784. The van der Waals surface area contributed by atoms with E-state index in [0.29, 0.717) is 13.2 Å². The zero-order valence-corrected chi connectivity index (χ0v) is 13.0. The molecule has 1 fully saturated rings. The van der Waals surface area contributed by atoms with Crippen molar-refractivity contribution in [1.82, 2.24) is 4.90 Å². The Balaban J connectivity index is 1.89. The van der Waals surface area contributed by atoms with E-state index in [2.05, 4.69) is 0 Å². The standard InChI is InChI=1S/C17H23NO4/c1-2-21-16(19)12-15-10-6-7-11-18(15)17(20)22-13-14-8-4-3-5-9-14/h3-5,8-9,15H,2,6-7,10-13H2,1H3/t15-/m0/s1. The van der Waals surface area contributed by atoms with Crippen molar-refractivity contribution in [3.05, 3.63) is 35.9 Å². The lowest BCUT2D eigenvalue weighted by Crippen LogP contribution is -2.45. The van der Waals surface area contributed by atoms with Gasteiger partial charge in [0.05, 0.1) is 13.0 Å². The summed E-state index contributed by atoms with van der Waals surface area (Å²) in [5, 5.41) is 0. The van der Waals surface area contributed by atoms with E-state index < -0.39 is 0 Å². The second-order valence-corrected chi connectivity index (χ2v) is 5.39. The van der Waals surface area contributed by atoms with E-state index in [1.165, 1.54) is 0 Å². The summed E-state index contributed by atoms with van der Waals surface area (Å²) in [6, 6.07) is 9.46. The van der Waals surface area contributed by atoms with Gasteiger partial charge < -0.3 is 14.4 Å². The summed E-state index contributed by atoms with van der Waals surface area (Å²) in [5.41, 5.74) is 0.954. The Kier molecular flexibility index (Phi) is 6.25. The predicted molar refractivity (Wildman–Crippen MR) is 82.2 cm³/mol. The number of likely N-dealkylation sites (tertiary alicyclic amines) is 1. The van der Waals surface area contributed by atoms with Crippen LogP contribution in [0.3, 0.4) is 0 Å². The molecule has 0 N–H and O–H groups in total. The average molecular weight is 305 g/mol. The summed E-state index contributed by atoms with van der Waals surface area (Å²) in [6.07, 6.45) is 2.68. The molecule has 1 amide bonds. The summed E-state index contributed by atoms with van der Waals surface area (Å²) in [7, 11) is 0. The van der Waals surface area contributed by atoms with Crippen molar-refractivity contribution in [2.45, 2.75) is 45.3 Å². The summed E-state index contributed by atoms with van der Waals surface area (Å²) in [6.45, 7) is 3.04. The Morgan fingerprint density at radius 1 is 1.18 bits per heavy atom. The number of hydrogen-bond donors (Lipinski definition) is 0. The number of nitrogens with zero attached hydrogens (tertiary/aromatic N) is 1. The number of esters is 1. The van der Waals surface area contributed by atoms with Gasteiger partial charge >= 0.3 is 12.1 Å². The lowest BCUT2D eigenvalue weighted by Gasteiger charge is -2.34. The average Bonchev–Trinajstić information content (AvgIpc) is 2.54. The SMILES string of the molecule is CCOC(=O)C[C@@H]1CCCCN1C(=O)OCc1ccccc1. The van der Waals surface area contributed by atoms with Gasteiger partial charge in [-0.3, -0.25) is 4.79 Å². The van der Waals surface area contributed by atoms with Gasteiger partial charge in [0.15, 0.2) is 0 Å². The van der Waals surface area contributed by atoms with Crippen molar-refractivity contribution in [1.29, 1.82) is 0 Å². The molecule has 0 bridgehead atoms. The van der Waals surface area contributed by atoms with E-state index in [0.717, 1.165) is 24.8 Å². The van der Waals surface area contributed by atoms with Crippen molar-refractivity contribution in [3.63, 3.8) is 0 Å². The molecule has 1 aliphatic rings. The van der Waals surface area contributed by atoms with Gasteiger partial charge in [-0.1, -0.05) is 30.3 Å². The molecule has 5 nitrogen and oxygen atoms in total. The molecule has 1 aromatic rings. The van der Waals surface area contributed by atoms with Crippen LogP contribution in [0.15, 0.2) is 30.3 Å². The number of rotatable bonds is 5. The van der Waals surface area contributed by atoms with Gasteiger partial charge in [-0.15, -0.1) is 0 Å². The monoisotopic (exact) mass is 305 g/mol. The van der Waals surface area contributed by atoms with E-state index in [4.69, 9.17) is 9.47 Å². The molecule has 1 saturated heterocycles. The van der Waals surface area contributed by atoms with Crippen LogP contribution in [0, 0.1) is 0 Å². The molecule has 0 spiro atoms. The smallest absolute Gasteiger partial charge is 0.410 e. The first kappa shape index (κ1) is 16.3. The topological polar surface area (TPSA) is 55.8 Å². The van der Waals surface area contributed by atoms with E-state index in [-0.39, 0.29) is 31.1 Å². The van der Waals surface area contributed by atoms with Gasteiger partial charge in [-0.05, 0) is 31.7 Å². The van der Waals surface area contributed by atoms with Crippen LogP contribution in [0.1, 0.15) is 38.2 Å². The third-order valence-electron chi connectivity index (χ3n) is 3.77. The van der Waals surface area contributed by atoms with Crippen molar-refractivity contribution in [2.24, 2.45) is 0 Å². The molecular weight excluding hydrogens is 282 g/mol. The van der Waals surface area contributed by atoms with E-state index in [9.17, 15) is 9.59 Å². The summed E-state index contributed by atoms with van der Waals surface area (Å²) < 4.78 is 10.4. The Morgan fingerprint density at radius 2 is 1.95 bits per heavy atom. The zero-order valence-electron chi connectivity index (χ0n) is 13.0. The predicted octanol–water partition coefficient (Wildman–Crippen LogP) is 3.13. The minimum Gasteiger partial charge on any atom is -0.466 e. The highest BCUT2D eigenvalue weighted by molar-refractivity contribution is 5.73. The molecule has 2 rings (SSSR count). The Bertz CT molecular complexity index is 489. The third-order valence-corrected chi connectivity index (χ3v) is 3.77. The molecule has 1 aromatic carbocycles. The van der Waals surface area contributed by atoms with E-state index in [1.54, 1.807) is 11.8 Å². The number of carbonyl (C=O) groups excluding carboxylic acids is 2. The summed E-state index contributed by atoms with van der Waals surface area (Å²) >= 11 is 0. The molecule has 0 saturated carbocycles. The summed E-state index contributed by atoms with van der Waals surface area (Å²) in [4.78, 5) is 25.6. The molecule has 1 aliphatic heterocycles.